The molecule has 8 heterocycles. The van der Waals surface area contributed by atoms with Crippen molar-refractivity contribution in [3.63, 3.8) is 0 Å². The van der Waals surface area contributed by atoms with Crippen LogP contribution in [-0.4, -0.2) is 124 Å². The molecule has 4 aliphatic heterocycles. The van der Waals surface area contributed by atoms with Crippen LogP contribution in [0.4, 0.5) is 14.4 Å². The van der Waals surface area contributed by atoms with E-state index >= 15 is 0 Å². The molecule has 18 nitrogen and oxygen atoms in total. The first kappa shape index (κ1) is 60.2. The third-order valence-corrected chi connectivity index (χ3v) is 17.2. The molecule has 74 heavy (non-hydrogen) atoms. The van der Waals surface area contributed by atoms with Gasteiger partial charge >= 0.3 is 42.2 Å². The van der Waals surface area contributed by atoms with E-state index in [4.69, 9.17) is 64.0 Å². The molecule has 0 aliphatic carbocycles. The van der Waals surface area contributed by atoms with Crippen LogP contribution in [0.2, 0.25) is 15.1 Å². The van der Waals surface area contributed by atoms with Gasteiger partial charge < -0.3 is 53.9 Å². The number of carbonyl (C=O) groups excluding carboxylic acids is 5. The van der Waals surface area contributed by atoms with E-state index in [2.05, 4.69) is 10.1 Å². The number of ether oxygens (including phenoxy) is 5. The fourth-order valence-electron chi connectivity index (χ4n) is 7.48. The number of amides is 3. The molecule has 4 aromatic rings. The number of methoxy groups -OCH3 is 2. The molecule has 0 saturated heterocycles. The van der Waals surface area contributed by atoms with E-state index in [1.807, 2.05) is 62.3 Å². The zero-order valence-corrected chi connectivity index (χ0v) is 48.5. The average Bonchev–Trinajstić information content (AvgIpc) is 4.08. The number of hydrogen-bond donors (Lipinski definition) is 3. The van der Waals surface area contributed by atoms with Gasteiger partial charge in [0.2, 0.25) is 0 Å². The Morgan fingerprint density at radius 1 is 0.527 bits per heavy atom. The second-order valence-electron chi connectivity index (χ2n) is 20.0. The maximum absolute atomic E-state index is 12.1. The van der Waals surface area contributed by atoms with Gasteiger partial charge in [0.25, 0.3) is 0 Å². The highest BCUT2D eigenvalue weighted by Gasteiger charge is 2.33. The first-order chi connectivity index (χ1) is 34.4. The number of hydrogen-bond acceptors (Lipinski definition) is 17. The van der Waals surface area contributed by atoms with Gasteiger partial charge in [-0.2, -0.15) is 0 Å². The number of rotatable bonds is 4. The summed E-state index contributed by atoms with van der Waals surface area (Å²) in [4.78, 5) is 91.1. The minimum absolute atomic E-state index is 0.141. The van der Waals surface area contributed by atoms with Crippen molar-refractivity contribution < 1.29 is 67.5 Å². The Balaban J connectivity index is 0.000000184. The maximum Gasteiger partial charge on any atom is 0.410 e. The van der Waals surface area contributed by atoms with E-state index in [-0.39, 0.29) is 29.1 Å². The van der Waals surface area contributed by atoms with Crippen LogP contribution in [0.3, 0.4) is 0 Å². The monoisotopic (exact) mass is 1160 g/mol. The molecule has 3 amide bonds. The predicted octanol–water partition coefficient (Wildman–Crippen LogP) is 11.4. The fourth-order valence-corrected chi connectivity index (χ4v) is 13.3. The molecular formula is C49H61Cl3N4O14S4. The first-order valence-electron chi connectivity index (χ1n) is 23.2. The third kappa shape index (κ3) is 15.9. The van der Waals surface area contributed by atoms with Gasteiger partial charge in [-0.05, 0) is 123 Å². The summed E-state index contributed by atoms with van der Waals surface area (Å²) in [6, 6.07) is 1.70. The number of fused-ring (bicyclic) bond motifs is 4. The molecule has 0 aromatic carbocycles. The Hall–Kier alpha value is -4.68. The van der Waals surface area contributed by atoms with Crippen molar-refractivity contribution in [2.75, 3.05) is 40.4 Å². The second kappa shape index (κ2) is 25.0. The quantitative estimate of drug-likeness (QED) is 0.128. The van der Waals surface area contributed by atoms with Crippen LogP contribution in [0.5, 0.6) is 0 Å². The third-order valence-electron chi connectivity index (χ3n) is 10.8. The second-order valence-corrected chi connectivity index (χ2v) is 25.6. The molecule has 0 spiro atoms. The van der Waals surface area contributed by atoms with Crippen molar-refractivity contribution in [3.05, 3.63) is 82.4 Å². The van der Waals surface area contributed by atoms with Crippen LogP contribution in [0.1, 0.15) is 143 Å². The lowest BCUT2D eigenvalue weighted by molar-refractivity contribution is 0.0216. The highest BCUT2D eigenvalue weighted by atomic mass is 35.5. The first-order valence-corrected chi connectivity index (χ1v) is 27.6. The number of nitrogens with zero attached hydrogens (tertiary/aromatic N) is 3. The fraction of sp³-hybridized carbons (Fsp3) is 0.531. The normalized spacial score (nSPS) is 14.9. The average molecular weight is 1160 g/mol. The minimum atomic E-state index is -1.03. The summed E-state index contributed by atoms with van der Waals surface area (Å²) in [5.41, 5.74) is 2.32. The van der Waals surface area contributed by atoms with Crippen molar-refractivity contribution in [2.24, 2.45) is 0 Å². The van der Waals surface area contributed by atoms with E-state index in [0.717, 1.165) is 72.6 Å². The molecule has 8 rings (SSSR count). The lowest BCUT2D eigenvalue weighted by atomic mass is 10.1. The Labute approximate surface area is 460 Å². The van der Waals surface area contributed by atoms with Gasteiger partial charge in [-0.15, -0.1) is 45.3 Å². The number of carboxylic acids is 2. The van der Waals surface area contributed by atoms with E-state index < -0.39 is 34.7 Å². The predicted molar refractivity (Wildman–Crippen MR) is 285 cm³/mol. The molecule has 0 saturated carbocycles. The molecule has 0 unspecified atom stereocenters. The van der Waals surface area contributed by atoms with Gasteiger partial charge in [-0.25, -0.2) is 33.6 Å². The van der Waals surface area contributed by atoms with Crippen LogP contribution in [0.25, 0.3) is 0 Å². The Kier molecular flexibility index (Phi) is 20.3. The smallest absolute Gasteiger partial charge is 0.410 e. The molecule has 0 atom stereocenters. The van der Waals surface area contributed by atoms with Crippen LogP contribution >= 0.6 is 80.1 Å². The number of carbonyl (C=O) groups is 7. The SMILES string of the molecule is CC(C)(C)OC(=O)N1CCc2c(sc(C(=O)O)c2Cl)C1.CC(C)(C)OC(=O)N1CCc2cc(C(=O)O)sc2C1.COC(=O)c1sc2c(c1Cl)CCN(C(=O)OC(C)(C)C)C2.COC(=O)c1sc2c(c1Cl)CCNC2. The molecular weight excluding hydrogens is 1100 g/mol. The van der Waals surface area contributed by atoms with Crippen molar-refractivity contribution >= 4 is 122 Å². The number of thiophene rings is 4. The Morgan fingerprint density at radius 2 is 0.905 bits per heavy atom. The summed E-state index contributed by atoms with van der Waals surface area (Å²) in [7, 11) is 2.69. The van der Waals surface area contributed by atoms with Gasteiger partial charge in [-0.1, -0.05) is 34.8 Å². The summed E-state index contributed by atoms with van der Waals surface area (Å²) in [5.74, 6) is -2.72. The van der Waals surface area contributed by atoms with Crippen LogP contribution in [0, 0.1) is 0 Å². The molecule has 0 radical (unpaired) electrons. The van der Waals surface area contributed by atoms with E-state index in [1.165, 1.54) is 48.2 Å². The number of carboxylic acid groups (broad SMARTS) is 2. The highest BCUT2D eigenvalue weighted by Crippen LogP contribution is 2.39. The van der Waals surface area contributed by atoms with Crippen molar-refractivity contribution in [3.8, 4) is 0 Å². The standard InChI is InChI=1S/C14H18ClNO4S.C13H16ClNO4S.C13H17NO4S.C9H10ClNO2S/c1-14(2,3)20-13(18)16-6-5-8-9(7-16)21-11(10(8)15)12(17)19-4;1-13(2,3)19-12(18)15-5-4-7-8(6-15)20-10(9(7)14)11(16)17;1-13(2,3)18-12(17)14-5-4-8-6-9(11(15)16)19-10(8)7-14;1-13-9(12)8-7(10)5-2-3-11-4-6(5)14-8/h5-7H2,1-4H3;4-6H2,1-3H3,(H,16,17);6H,4-5,7H2,1-3H3,(H,15,16);11H,2-4H2,1H3. The van der Waals surface area contributed by atoms with Crippen molar-refractivity contribution in [1.82, 2.24) is 20.0 Å². The molecule has 4 aliphatic rings. The lowest BCUT2D eigenvalue weighted by Gasteiger charge is -2.30. The van der Waals surface area contributed by atoms with Gasteiger partial charge in [0.15, 0.2) is 0 Å². The van der Waals surface area contributed by atoms with Gasteiger partial charge in [-0.3, -0.25) is 0 Å². The summed E-state index contributed by atoms with van der Waals surface area (Å²) in [5, 5.41) is 22.6. The van der Waals surface area contributed by atoms with Crippen LogP contribution < -0.4 is 5.32 Å². The van der Waals surface area contributed by atoms with Crippen LogP contribution in [-0.2, 0) is 75.5 Å². The van der Waals surface area contributed by atoms with Gasteiger partial charge in [0, 0.05) is 45.7 Å². The molecule has 0 fully saturated rings. The molecule has 4 aromatic heterocycles. The summed E-state index contributed by atoms with van der Waals surface area (Å²) < 4.78 is 25.4. The number of halogens is 3. The Bertz CT molecular complexity index is 2760. The maximum atomic E-state index is 12.1. The lowest BCUT2D eigenvalue weighted by Crippen LogP contribution is -2.39. The molecule has 0 bridgehead atoms. The number of esters is 2. The number of aromatic carboxylic acids is 2. The van der Waals surface area contributed by atoms with E-state index in [1.54, 1.807) is 20.8 Å². The van der Waals surface area contributed by atoms with Crippen molar-refractivity contribution in [2.45, 2.75) is 131 Å². The van der Waals surface area contributed by atoms with Crippen molar-refractivity contribution in [1.29, 1.82) is 0 Å². The summed E-state index contributed by atoms with van der Waals surface area (Å²) in [6.07, 6.45) is 1.66. The largest absolute Gasteiger partial charge is 0.477 e. The van der Waals surface area contributed by atoms with E-state index in [9.17, 15) is 33.6 Å². The summed E-state index contributed by atoms with van der Waals surface area (Å²) >= 11 is 23.5. The van der Waals surface area contributed by atoms with Gasteiger partial charge in [0.05, 0.1) is 48.9 Å². The zero-order valence-electron chi connectivity index (χ0n) is 43.0. The minimum Gasteiger partial charge on any atom is -0.477 e. The van der Waals surface area contributed by atoms with E-state index in [0.29, 0.717) is 88.2 Å². The molecule has 3 N–H and O–H groups in total. The zero-order chi connectivity index (χ0) is 55.2. The van der Waals surface area contributed by atoms with Gasteiger partial charge in [0.1, 0.15) is 36.3 Å². The molecule has 25 heteroatoms. The highest BCUT2D eigenvalue weighted by molar-refractivity contribution is 7.15. The summed E-state index contributed by atoms with van der Waals surface area (Å²) in [6.45, 7) is 20.9. The Morgan fingerprint density at radius 3 is 1.30 bits per heavy atom. The topological polar surface area (TPSA) is 228 Å². The molecule has 406 valence electrons. The number of nitrogens with one attached hydrogen (secondary N) is 1. The van der Waals surface area contributed by atoms with Crippen LogP contribution in [0.15, 0.2) is 6.07 Å².